The quantitative estimate of drug-likeness (QED) is 0.781. The first-order valence-corrected chi connectivity index (χ1v) is 5.80. The summed E-state index contributed by atoms with van der Waals surface area (Å²) in [5.74, 6) is 0.0644. The molecule has 1 amide bonds. The van der Waals surface area contributed by atoms with Gasteiger partial charge in [-0.15, -0.1) is 0 Å². The Morgan fingerprint density at radius 1 is 1.59 bits per heavy atom. The van der Waals surface area contributed by atoms with Crippen molar-refractivity contribution in [1.29, 1.82) is 0 Å². The monoisotopic (exact) mass is 231 g/mol. The molecule has 0 radical (unpaired) electrons. The third-order valence-electron chi connectivity index (χ3n) is 2.89. The van der Waals surface area contributed by atoms with Gasteiger partial charge in [0.1, 0.15) is 0 Å². The minimum absolute atomic E-state index is 0.0644. The third kappa shape index (κ3) is 2.71. The molecule has 90 valence electrons. The molecule has 0 bridgehead atoms. The highest BCUT2D eigenvalue weighted by atomic mass is 16.2. The number of amides is 1. The van der Waals surface area contributed by atoms with Crippen molar-refractivity contribution in [3.63, 3.8) is 0 Å². The van der Waals surface area contributed by atoms with Gasteiger partial charge < -0.3 is 10.6 Å². The standard InChI is InChI=1S/C13H17N3O/c1-10-3-2-6-16(9-10)13(17)11-4-5-15-12(7-11)8-14/h3-5,7H,2,6,8-9,14H2,1H3. The fourth-order valence-electron chi connectivity index (χ4n) is 1.99. The molecule has 0 saturated heterocycles. The molecule has 0 fully saturated rings. The number of carbonyl (C=O) groups is 1. The van der Waals surface area contributed by atoms with Crippen LogP contribution in [-0.4, -0.2) is 28.9 Å². The van der Waals surface area contributed by atoms with Gasteiger partial charge in [-0.3, -0.25) is 9.78 Å². The van der Waals surface area contributed by atoms with E-state index in [9.17, 15) is 4.79 Å². The van der Waals surface area contributed by atoms with Gasteiger partial charge in [0.15, 0.2) is 0 Å². The molecule has 4 nitrogen and oxygen atoms in total. The molecule has 1 aliphatic rings. The molecule has 4 heteroatoms. The first-order chi connectivity index (χ1) is 8.20. The zero-order chi connectivity index (χ0) is 12.3. The SMILES string of the molecule is CC1=CCCN(C(=O)c2ccnc(CN)c2)C1. The van der Waals surface area contributed by atoms with Crippen LogP contribution in [0.4, 0.5) is 0 Å². The zero-order valence-corrected chi connectivity index (χ0v) is 10.0. The van der Waals surface area contributed by atoms with Crippen LogP contribution in [0.5, 0.6) is 0 Å². The number of hydrogen-bond acceptors (Lipinski definition) is 3. The van der Waals surface area contributed by atoms with Crippen LogP contribution < -0.4 is 5.73 Å². The van der Waals surface area contributed by atoms with Crippen LogP contribution in [0.25, 0.3) is 0 Å². The molecule has 0 spiro atoms. The molecule has 0 aliphatic carbocycles. The van der Waals surface area contributed by atoms with Crippen molar-refractivity contribution in [3.05, 3.63) is 41.2 Å². The van der Waals surface area contributed by atoms with Crippen molar-refractivity contribution in [2.45, 2.75) is 19.9 Å². The molecular formula is C13H17N3O. The summed E-state index contributed by atoms with van der Waals surface area (Å²) in [7, 11) is 0. The lowest BCUT2D eigenvalue weighted by Crippen LogP contribution is -2.35. The van der Waals surface area contributed by atoms with E-state index >= 15 is 0 Å². The number of hydrogen-bond donors (Lipinski definition) is 1. The average Bonchev–Trinajstić information content (AvgIpc) is 2.38. The van der Waals surface area contributed by atoms with Gasteiger partial charge in [-0.2, -0.15) is 0 Å². The predicted molar refractivity (Wildman–Crippen MR) is 66.4 cm³/mol. The molecule has 2 rings (SSSR count). The Balaban J connectivity index is 2.16. The van der Waals surface area contributed by atoms with Crippen molar-refractivity contribution in [3.8, 4) is 0 Å². The summed E-state index contributed by atoms with van der Waals surface area (Å²) in [6.07, 6.45) is 4.76. The van der Waals surface area contributed by atoms with Crippen LogP contribution in [0, 0.1) is 0 Å². The molecule has 1 aromatic rings. The molecule has 0 aromatic carbocycles. The summed E-state index contributed by atoms with van der Waals surface area (Å²) in [5.41, 5.74) is 8.20. The van der Waals surface area contributed by atoms with Gasteiger partial charge in [-0.25, -0.2) is 0 Å². The average molecular weight is 231 g/mol. The number of nitrogens with two attached hydrogens (primary N) is 1. The lowest BCUT2D eigenvalue weighted by Gasteiger charge is -2.26. The smallest absolute Gasteiger partial charge is 0.254 e. The Labute approximate surface area is 101 Å². The summed E-state index contributed by atoms with van der Waals surface area (Å²) >= 11 is 0. The Morgan fingerprint density at radius 2 is 2.41 bits per heavy atom. The molecule has 0 saturated carbocycles. The van der Waals surface area contributed by atoms with Crippen LogP contribution in [0.15, 0.2) is 30.0 Å². The number of aromatic nitrogens is 1. The van der Waals surface area contributed by atoms with Crippen molar-refractivity contribution in [1.82, 2.24) is 9.88 Å². The van der Waals surface area contributed by atoms with E-state index in [-0.39, 0.29) is 5.91 Å². The van der Waals surface area contributed by atoms with Crippen molar-refractivity contribution in [2.75, 3.05) is 13.1 Å². The fourth-order valence-corrected chi connectivity index (χ4v) is 1.99. The van der Waals surface area contributed by atoms with E-state index in [1.54, 1.807) is 18.3 Å². The van der Waals surface area contributed by atoms with Crippen molar-refractivity contribution >= 4 is 5.91 Å². The number of carbonyl (C=O) groups excluding carboxylic acids is 1. The molecule has 1 aliphatic heterocycles. The number of nitrogens with zero attached hydrogens (tertiary/aromatic N) is 2. The van der Waals surface area contributed by atoms with E-state index < -0.39 is 0 Å². The number of pyridine rings is 1. The first kappa shape index (κ1) is 11.8. The van der Waals surface area contributed by atoms with Crippen LogP contribution in [0.2, 0.25) is 0 Å². The van der Waals surface area contributed by atoms with Crippen LogP contribution in [0.3, 0.4) is 0 Å². The van der Waals surface area contributed by atoms with Crippen molar-refractivity contribution < 1.29 is 4.79 Å². The molecule has 2 heterocycles. The van der Waals surface area contributed by atoms with E-state index in [1.165, 1.54) is 5.57 Å². The van der Waals surface area contributed by atoms with Gasteiger partial charge in [0.2, 0.25) is 0 Å². The highest BCUT2D eigenvalue weighted by Gasteiger charge is 2.18. The normalized spacial score (nSPS) is 15.6. The van der Waals surface area contributed by atoms with E-state index in [2.05, 4.69) is 18.0 Å². The molecule has 1 aromatic heterocycles. The Bertz CT molecular complexity index is 454. The van der Waals surface area contributed by atoms with Crippen molar-refractivity contribution in [2.24, 2.45) is 5.73 Å². The van der Waals surface area contributed by atoms with E-state index in [4.69, 9.17) is 5.73 Å². The molecule has 0 unspecified atom stereocenters. The zero-order valence-electron chi connectivity index (χ0n) is 10.0. The number of rotatable bonds is 2. The maximum atomic E-state index is 12.2. The fraction of sp³-hybridized carbons (Fsp3) is 0.385. The van der Waals surface area contributed by atoms with Gasteiger partial charge in [0.05, 0.1) is 5.69 Å². The summed E-state index contributed by atoms with van der Waals surface area (Å²) in [6, 6.07) is 3.52. The topological polar surface area (TPSA) is 59.2 Å². The van der Waals surface area contributed by atoms with Gasteiger partial charge in [-0.05, 0) is 25.5 Å². The summed E-state index contributed by atoms with van der Waals surface area (Å²) < 4.78 is 0. The molecule has 2 N–H and O–H groups in total. The Morgan fingerprint density at radius 3 is 3.12 bits per heavy atom. The lowest BCUT2D eigenvalue weighted by molar-refractivity contribution is 0.0765. The third-order valence-corrected chi connectivity index (χ3v) is 2.89. The Hall–Kier alpha value is -1.68. The minimum Gasteiger partial charge on any atom is -0.334 e. The maximum Gasteiger partial charge on any atom is 0.254 e. The van der Waals surface area contributed by atoms with Crippen LogP contribution in [-0.2, 0) is 6.54 Å². The summed E-state index contributed by atoms with van der Waals surface area (Å²) in [5, 5.41) is 0. The van der Waals surface area contributed by atoms with E-state index in [1.807, 2.05) is 4.90 Å². The van der Waals surface area contributed by atoms with E-state index in [0.717, 1.165) is 25.2 Å². The van der Waals surface area contributed by atoms with Crippen LogP contribution >= 0.6 is 0 Å². The predicted octanol–water partition coefficient (Wildman–Crippen LogP) is 1.33. The highest BCUT2D eigenvalue weighted by molar-refractivity contribution is 5.94. The minimum atomic E-state index is 0.0644. The molecule has 0 atom stereocenters. The van der Waals surface area contributed by atoms with Gasteiger partial charge >= 0.3 is 0 Å². The van der Waals surface area contributed by atoms with E-state index in [0.29, 0.717) is 12.1 Å². The lowest BCUT2D eigenvalue weighted by atomic mass is 10.1. The Kier molecular flexibility index (Phi) is 3.54. The second-order valence-corrected chi connectivity index (χ2v) is 4.31. The molecule has 17 heavy (non-hydrogen) atoms. The second-order valence-electron chi connectivity index (χ2n) is 4.31. The van der Waals surface area contributed by atoms with Crippen LogP contribution in [0.1, 0.15) is 29.4 Å². The molecular weight excluding hydrogens is 214 g/mol. The first-order valence-electron chi connectivity index (χ1n) is 5.80. The van der Waals surface area contributed by atoms with Gasteiger partial charge in [0.25, 0.3) is 5.91 Å². The summed E-state index contributed by atoms with van der Waals surface area (Å²) in [4.78, 5) is 18.2. The largest absolute Gasteiger partial charge is 0.334 e. The highest BCUT2D eigenvalue weighted by Crippen LogP contribution is 2.13. The summed E-state index contributed by atoms with van der Waals surface area (Å²) in [6.45, 7) is 3.92. The van der Waals surface area contributed by atoms with Gasteiger partial charge in [-0.1, -0.05) is 11.6 Å². The van der Waals surface area contributed by atoms with Gasteiger partial charge in [0, 0.05) is 31.4 Å². The maximum absolute atomic E-state index is 12.2. The second kappa shape index (κ2) is 5.10.